The van der Waals surface area contributed by atoms with Crippen LogP contribution in [-0.2, 0) is 4.79 Å². The van der Waals surface area contributed by atoms with Gasteiger partial charge in [0.25, 0.3) is 0 Å². The molecule has 0 radical (unpaired) electrons. The van der Waals surface area contributed by atoms with Gasteiger partial charge < -0.3 is 15.1 Å². The second kappa shape index (κ2) is 12.4. The SMILES string of the molecule is CC1CCCN(C(=NCC(=O)N(C)C)NCCSc2ccccc2)C1.I. The molecule has 1 aliphatic heterocycles. The summed E-state index contributed by atoms with van der Waals surface area (Å²) in [5.41, 5.74) is 0. The molecule has 5 nitrogen and oxygen atoms in total. The van der Waals surface area contributed by atoms with Crippen LogP contribution in [0.15, 0.2) is 40.2 Å². The summed E-state index contributed by atoms with van der Waals surface area (Å²) in [7, 11) is 3.54. The summed E-state index contributed by atoms with van der Waals surface area (Å²) in [4.78, 5) is 21.6. The Kier molecular flexibility index (Phi) is 11.0. The van der Waals surface area contributed by atoms with E-state index in [4.69, 9.17) is 0 Å². The van der Waals surface area contributed by atoms with Crippen molar-refractivity contribution in [3.05, 3.63) is 30.3 Å². The van der Waals surface area contributed by atoms with E-state index >= 15 is 0 Å². The van der Waals surface area contributed by atoms with E-state index in [1.807, 2.05) is 17.8 Å². The molecule has 1 aromatic rings. The lowest BCUT2D eigenvalue weighted by Gasteiger charge is -2.33. The zero-order valence-electron chi connectivity index (χ0n) is 16.0. The Labute approximate surface area is 179 Å². The van der Waals surface area contributed by atoms with Gasteiger partial charge in [-0.25, -0.2) is 4.99 Å². The Morgan fingerprint density at radius 1 is 1.35 bits per heavy atom. The first-order valence-corrected chi connectivity index (χ1v) is 9.96. The van der Waals surface area contributed by atoms with Gasteiger partial charge in [-0.15, -0.1) is 35.7 Å². The van der Waals surface area contributed by atoms with E-state index in [-0.39, 0.29) is 36.4 Å². The molecule has 1 heterocycles. The van der Waals surface area contributed by atoms with Crippen LogP contribution in [0.4, 0.5) is 0 Å². The van der Waals surface area contributed by atoms with E-state index in [1.165, 1.54) is 17.7 Å². The number of likely N-dealkylation sites (N-methyl/N-ethyl adjacent to an activating group) is 1. The highest BCUT2D eigenvalue weighted by molar-refractivity contribution is 14.0. The van der Waals surface area contributed by atoms with Crippen LogP contribution in [0.1, 0.15) is 19.8 Å². The summed E-state index contributed by atoms with van der Waals surface area (Å²) >= 11 is 1.83. The lowest BCUT2D eigenvalue weighted by Crippen LogP contribution is -2.47. The maximum Gasteiger partial charge on any atom is 0.243 e. The van der Waals surface area contributed by atoms with Crippen LogP contribution in [0.5, 0.6) is 0 Å². The van der Waals surface area contributed by atoms with Crippen LogP contribution in [0.2, 0.25) is 0 Å². The van der Waals surface area contributed by atoms with Crippen molar-refractivity contribution in [2.45, 2.75) is 24.7 Å². The zero-order chi connectivity index (χ0) is 18.1. The number of amides is 1. The number of nitrogens with zero attached hydrogens (tertiary/aromatic N) is 3. The predicted molar refractivity (Wildman–Crippen MR) is 122 cm³/mol. The lowest BCUT2D eigenvalue weighted by molar-refractivity contribution is -0.127. The Balaban J connectivity index is 0.00000338. The molecule has 1 fully saturated rings. The molecule has 146 valence electrons. The number of halogens is 1. The van der Waals surface area contributed by atoms with Crippen molar-refractivity contribution in [2.75, 3.05) is 46.0 Å². The second-order valence-electron chi connectivity index (χ2n) is 6.71. The smallest absolute Gasteiger partial charge is 0.243 e. The summed E-state index contributed by atoms with van der Waals surface area (Å²) in [5.74, 6) is 2.54. The summed E-state index contributed by atoms with van der Waals surface area (Å²) < 4.78 is 0. The molecule has 0 saturated carbocycles. The van der Waals surface area contributed by atoms with Crippen LogP contribution >= 0.6 is 35.7 Å². The van der Waals surface area contributed by atoms with E-state index in [9.17, 15) is 4.79 Å². The molecule has 0 bridgehead atoms. The molecule has 0 spiro atoms. The van der Waals surface area contributed by atoms with Crippen molar-refractivity contribution in [1.29, 1.82) is 0 Å². The minimum atomic E-state index is 0. The molecular formula is C19H31IN4OS. The van der Waals surface area contributed by atoms with Crippen molar-refractivity contribution in [1.82, 2.24) is 15.1 Å². The number of hydrogen-bond acceptors (Lipinski definition) is 3. The molecule has 1 aliphatic rings. The molecule has 0 aliphatic carbocycles. The Bertz CT molecular complexity index is 568. The number of thioether (sulfide) groups is 1. The highest BCUT2D eigenvalue weighted by Crippen LogP contribution is 2.17. The zero-order valence-corrected chi connectivity index (χ0v) is 19.1. The van der Waals surface area contributed by atoms with Crippen molar-refractivity contribution in [3.8, 4) is 0 Å². The van der Waals surface area contributed by atoms with E-state index in [0.29, 0.717) is 5.92 Å². The Morgan fingerprint density at radius 2 is 2.08 bits per heavy atom. The fourth-order valence-electron chi connectivity index (χ4n) is 2.78. The number of piperidine rings is 1. The largest absolute Gasteiger partial charge is 0.355 e. The maximum absolute atomic E-state index is 11.9. The molecule has 1 aromatic carbocycles. The van der Waals surface area contributed by atoms with E-state index in [2.05, 4.69) is 46.4 Å². The van der Waals surface area contributed by atoms with Crippen LogP contribution in [0.25, 0.3) is 0 Å². The number of likely N-dealkylation sites (tertiary alicyclic amines) is 1. The van der Waals surface area contributed by atoms with E-state index in [1.54, 1.807) is 19.0 Å². The third-order valence-corrected chi connectivity index (χ3v) is 5.23. The first-order chi connectivity index (χ1) is 12.1. The first kappa shape index (κ1) is 23.1. The second-order valence-corrected chi connectivity index (χ2v) is 7.88. The first-order valence-electron chi connectivity index (χ1n) is 8.97. The number of rotatable bonds is 6. The Morgan fingerprint density at radius 3 is 2.73 bits per heavy atom. The van der Waals surface area contributed by atoms with Gasteiger partial charge in [-0.2, -0.15) is 0 Å². The van der Waals surface area contributed by atoms with Crippen LogP contribution < -0.4 is 5.32 Å². The van der Waals surface area contributed by atoms with Crippen LogP contribution in [0, 0.1) is 5.92 Å². The summed E-state index contributed by atoms with van der Waals surface area (Å²) in [6.45, 7) is 5.33. The van der Waals surface area contributed by atoms with E-state index < -0.39 is 0 Å². The third-order valence-electron chi connectivity index (χ3n) is 4.22. The van der Waals surface area contributed by atoms with Gasteiger partial charge >= 0.3 is 0 Å². The van der Waals surface area contributed by atoms with Crippen molar-refractivity contribution in [2.24, 2.45) is 10.9 Å². The molecular weight excluding hydrogens is 459 g/mol. The van der Waals surface area contributed by atoms with Gasteiger partial charge in [0.2, 0.25) is 5.91 Å². The monoisotopic (exact) mass is 490 g/mol. The van der Waals surface area contributed by atoms with Crippen LogP contribution in [-0.4, -0.2) is 67.7 Å². The third kappa shape index (κ3) is 8.16. The summed E-state index contributed by atoms with van der Waals surface area (Å²) in [6, 6.07) is 10.4. The number of nitrogens with one attached hydrogen (secondary N) is 1. The topological polar surface area (TPSA) is 47.9 Å². The number of carbonyl (C=O) groups excluding carboxylic acids is 1. The maximum atomic E-state index is 11.9. The van der Waals surface area contributed by atoms with Gasteiger partial charge in [-0.05, 0) is 30.9 Å². The van der Waals surface area contributed by atoms with Gasteiger partial charge in [0.1, 0.15) is 6.54 Å². The highest BCUT2D eigenvalue weighted by Gasteiger charge is 2.19. The standard InChI is InChI=1S/C19H30N4OS.HI/c1-16-8-7-12-23(15-16)19(21-14-18(24)22(2)3)20-11-13-25-17-9-5-4-6-10-17;/h4-6,9-10,16H,7-8,11-15H2,1-3H3,(H,20,21);1H. The highest BCUT2D eigenvalue weighted by atomic mass is 127. The Hall–Kier alpha value is -0.960. The lowest BCUT2D eigenvalue weighted by atomic mass is 10.0. The van der Waals surface area contributed by atoms with Gasteiger partial charge in [0.05, 0.1) is 0 Å². The van der Waals surface area contributed by atoms with Gasteiger partial charge in [0, 0.05) is 44.4 Å². The van der Waals surface area contributed by atoms with E-state index in [0.717, 1.165) is 31.3 Å². The molecule has 1 amide bonds. The molecule has 1 N–H and O–H groups in total. The molecule has 7 heteroatoms. The predicted octanol–water partition coefficient (Wildman–Crippen LogP) is 3.16. The molecule has 1 saturated heterocycles. The van der Waals surface area contributed by atoms with Crippen molar-refractivity contribution in [3.63, 3.8) is 0 Å². The van der Waals surface area contributed by atoms with Gasteiger partial charge in [0.15, 0.2) is 5.96 Å². The minimum absolute atomic E-state index is 0. The molecule has 26 heavy (non-hydrogen) atoms. The number of guanidine groups is 1. The number of hydrogen-bond donors (Lipinski definition) is 1. The van der Waals surface area contributed by atoms with Crippen LogP contribution in [0.3, 0.4) is 0 Å². The van der Waals surface area contributed by atoms with Gasteiger partial charge in [-0.3, -0.25) is 4.79 Å². The number of aliphatic imine (C=N–C) groups is 1. The number of benzene rings is 1. The number of carbonyl (C=O) groups is 1. The molecule has 2 rings (SSSR count). The average molecular weight is 490 g/mol. The van der Waals surface area contributed by atoms with Crippen molar-refractivity contribution < 1.29 is 4.79 Å². The normalized spacial score (nSPS) is 17.4. The summed E-state index contributed by atoms with van der Waals surface area (Å²) in [5, 5.41) is 3.46. The average Bonchev–Trinajstić information content (AvgIpc) is 2.61. The van der Waals surface area contributed by atoms with Crippen molar-refractivity contribution >= 4 is 47.6 Å². The quantitative estimate of drug-likeness (QED) is 0.219. The summed E-state index contributed by atoms with van der Waals surface area (Å²) in [6.07, 6.45) is 2.45. The molecule has 1 atom stereocenters. The fourth-order valence-corrected chi connectivity index (χ4v) is 3.57. The molecule has 1 unspecified atom stereocenters. The fraction of sp³-hybridized carbons (Fsp3) is 0.579. The van der Waals surface area contributed by atoms with Gasteiger partial charge in [-0.1, -0.05) is 25.1 Å². The molecule has 0 aromatic heterocycles. The minimum Gasteiger partial charge on any atom is -0.355 e.